The van der Waals surface area contributed by atoms with Gasteiger partial charge in [-0.25, -0.2) is 14.4 Å². The van der Waals surface area contributed by atoms with Crippen molar-refractivity contribution < 1.29 is 9.18 Å². The molecule has 0 saturated carbocycles. The summed E-state index contributed by atoms with van der Waals surface area (Å²) in [5, 5.41) is 3.70. The Bertz CT molecular complexity index is 1120. The molecular weight excluding hydrogens is 387 g/mol. The van der Waals surface area contributed by atoms with E-state index in [1.165, 1.54) is 23.5 Å². The number of carbonyl (C=O) groups excluding carboxylic acids is 1. The number of hydrogen-bond acceptors (Lipinski definition) is 4. The van der Waals surface area contributed by atoms with E-state index in [2.05, 4.69) is 15.3 Å². The fourth-order valence-corrected chi connectivity index (χ4v) is 4.03. The molecule has 0 aliphatic heterocycles. The van der Waals surface area contributed by atoms with E-state index in [-0.39, 0.29) is 11.7 Å². The third-order valence-electron chi connectivity index (χ3n) is 4.56. The lowest BCUT2D eigenvalue weighted by Crippen LogP contribution is -2.23. The average molecular weight is 406 g/mol. The van der Waals surface area contributed by atoms with Crippen LogP contribution < -0.4 is 5.32 Å². The second kappa shape index (κ2) is 8.36. The first-order chi connectivity index (χ1) is 14.1. The molecule has 0 fully saturated rings. The molecule has 1 amide bonds. The van der Waals surface area contributed by atoms with Crippen LogP contribution in [0.2, 0.25) is 0 Å². The number of imidazole rings is 1. The summed E-state index contributed by atoms with van der Waals surface area (Å²) < 4.78 is 15.1. The first-order valence-corrected chi connectivity index (χ1v) is 9.96. The van der Waals surface area contributed by atoms with Crippen LogP contribution in [0.5, 0.6) is 0 Å². The summed E-state index contributed by atoms with van der Waals surface area (Å²) >= 11 is 1.31. The summed E-state index contributed by atoms with van der Waals surface area (Å²) in [6.45, 7) is 2.93. The molecule has 0 aliphatic rings. The Hall–Kier alpha value is -3.32. The highest BCUT2D eigenvalue weighted by molar-refractivity contribution is 7.17. The predicted octanol–water partition coefficient (Wildman–Crippen LogP) is 4.43. The molecule has 1 N–H and O–H groups in total. The molecule has 0 aliphatic carbocycles. The lowest BCUT2D eigenvalue weighted by atomic mass is 10.1. The van der Waals surface area contributed by atoms with Gasteiger partial charge in [0, 0.05) is 31.0 Å². The van der Waals surface area contributed by atoms with Crippen LogP contribution in [-0.2, 0) is 13.1 Å². The maximum Gasteiger partial charge on any atom is 0.263 e. The number of amides is 1. The highest BCUT2D eigenvalue weighted by Gasteiger charge is 2.16. The van der Waals surface area contributed by atoms with E-state index in [0.29, 0.717) is 28.7 Å². The van der Waals surface area contributed by atoms with Crippen molar-refractivity contribution in [1.29, 1.82) is 0 Å². The van der Waals surface area contributed by atoms with Crippen molar-refractivity contribution in [2.24, 2.45) is 0 Å². The zero-order valence-electron chi connectivity index (χ0n) is 15.8. The summed E-state index contributed by atoms with van der Waals surface area (Å²) in [4.78, 5) is 21.9. The fourth-order valence-electron chi connectivity index (χ4n) is 3.04. The Kier molecular flexibility index (Phi) is 5.48. The van der Waals surface area contributed by atoms with Gasteiger partial charge < -0.3 is 9.88 Å². The van der Waals surface area contributed by atoms with E-state index in [1.807, 2.05) is 42.0 Å². The maximum absolute atomic E-state index is 13.1. The van der Waals surface area contributed by atoms with Crippen LogP contribution in [0.4, 0.5) is 4.39 Å². The number of carbonyl (C=O) groups is 1. The van der Waals surface area contributed by atoms with Gasteiger partial charge in [0.15, 0.2) is 0 Å². The van der Waals surface area contributed by atoms with E-state index < -0.39 is 0 Å². The molecule has 0 radical (unpaired) electrons. The molecule has 0 atom stereocenters. The second-order valence-corrected chi connectivity index (χ2v) is 7.63. The minimum absolute atomic E-state index is 0.161. The molecule has 2 heterocycles. The number of halogens is 1. The number of rotatable bonds is 6. The lowest BCUT2D eigenvalue weighted by Gasteiger charge is -2.11. The van der Waals surface area contributed by atoms with Gasteiger partial charge in [0.1, 0.15) is 15.7 Å². The minimum Gasteiger partial charge on any atom is -0.347 e. The zero-order chi connectivity index (χ0) is 20.2. The molecule has 2 aromatic heterocycles. The molecule has 0 spiro atoms. The Morgan fingerprint density at radius 2 is 1.90 bits per heavy atom. The molecule has 2 aromatic carbocycles. The van der Waals surface area contributed by atoms with Gasteiger partial charge >= 0.3 is 0 Å². The van der Waals surface area contributed by atoms with E-state index in [9.17, 15) is 9.18 Å². The number of aromatic nitrogens is 3. The molecule has 146 valence electrons. The summed E-state index contributed by atoms with van der Waals surface area (Å²) in [6.07, 6.45) is 5.43. The first kappa shape index (κ1) is 19.0. The first-order valence-electron chi connectivity index (χ1n) is 9.14. The number of benzene rings is 2. The zero-order valence-corrected chi connectivity index (χ0v) is 16.6. The number of nitrogens with one attached hydrogen (secondary N) is 1. The van der Waals surface area contributed by atoms with Crippen molar-refractivity contribution in [3.05, 3.63) is 94.8 Å². The Labute approximate surface area is 171 Å². The molecule has 7 heteroatoms. The van der Waals surface area contributed by atoms with Crippen LogP contribution in [0.25, 0.3) is 10.6 Å². The third kappa shape index (κ3) is 4.41. The SMILES string of the molecule is Cc1nc(-c2ccc(F)cc2)sc1C(=O)NCc1ccccc1Cn1ccnc1. The monoisotopic (exact) mass is 406 g/mol. The highest BCUT2D eigenvalue weighted by Crippen LogP contribution is 2.28. The summed E-state index contributed by atoms with van der Waals surface area (Å²) in [5.41, 5.74) is 3.64. The van der Waals surface area contributed by atoms with Crippen molar-refractivity contribution >= 4 is 17.2 Å². The van der Waals surface area contributed by atoms with Gasteiger partial charge in [-0.15, -0.1) is 11.3 Å². The van der Waals surface area contributed by atoms with Crippen LogP contribution in [0.1, 0.15) is 26.5 Å². The topological polar surface area (TPSA) is 59.8 Å². The lowest BCUT2D eigenvalue weighted by molar-refractivity contribution is 0.0954. The van der Waals surface area contributed by atoms with Gasteiger partial charge in [0.25, 0.3) is 5.91 Å². The van der Waals surface area contributed by atoms with Gasteiger partial charge in [0.05, 0.1) is 12.0 Å². The average Bonchev–Trinajstić information content (AvgIpc) is 3.37. The summed E-state index contributed by atoms with van der Waals surface area (Å²) in [5.74, 6) is -0.458. The smallest absolute Gasteiger partial charge is 0.263 e. The van der Waals surface area contributed by atoms with Gasteiger partial charge in [-0.2, -0.15) is 0 Å². The maximum atomic E-state index is 13.1. The molecular formula is C22H19FN4OS. The van der Waals surface area contributed by atoms with Crippen LogP contribution in [0.15, 0.2) is 67.3 Å². The Morgan fingerprint density at radius 3 is 2.62 bits per heavy atom. The molecule has 29 heavy (non-hydrogen) atoms. The van der Waals surface area contributed by atoms with E-state index in [1.54, 1.807) is 24.7 Å². The van der Waals surface area contributed by atoms with Crippen molar-refractivity contribution in [3.63, 3.8) is 0 Å². The van der Waals surface area contributed by atoms with Crippen molar-refractivity contribution in [2.75, 3.05) is 0 Å². The largest absolute Gasteiger partial charge is 0.347 e. The Morgan fingerprint density at radius 1 is 1.14 bits per heavy atom. The molecule has 0 bridgehead atoms. The van der Waals surface area contributed by atoms with Gasteiger partial charge in [-0.1, -0.05) is 24.3 Å². The van der Waals surface area contributed by atoms with Crippen LogP contribution >= 0.6 is 11.3 Å². The molecule has 4 rings (SSSR count). The van der Waals surface area contributed by atoms with Crippen molar-refractivity contribution in [1.82, 2.24) is 19.9 Å². The molecule has 0 saturated heterocycles. The van der Waals surface area contributed by atoms with Crippen LogP contribution in [0.3, 0.4) is 0 Å². The van der Waals surface area contributed by atoms with Gasteiger partial charge in [0.2, 0.25) is 0 Å². The van der Waals surface area contributed by atoms with Crippen LogP contribution in [0, 0.1) is 12.7 Å². The predicted molar refractivity (Wildman–Crippen MR) is 111 cm³/mol. The summed E-state index contributed by atoms with van der Waals surface area (Å²) in [7, 11) is 0. The molecule has 5 nitrogen and oxygen atoms in total. The molecule has 4 aromatic rings. The second-order valence-electron chi connectivity index (χ2n) is 6.63. The van der Waals surface area contributed by atoms with E-state index >= 15 is 0 Å². The summed E-state index contributed by atoms with van der Waals surface area (Å²) in [6, 6.07) is 14.1. The Balaban J connectivity index is 1.47. The highest BCUT2D eigenvalue weighted by atomic mass is 32.1. The standard InChI is InChI=1S/C22H19FN4OS/c1-15-20(29-22(26-15)16-6-8-19(23)9-7-16)21(28)25-12-17-4-2-3-5-18(17)13-27-11-10-24-14-27/h2-11,14H,12-13H2,1H3,(H,25,28). The van der Waals surface area contributed by atoms with Crippen LogP contribution in [-0.4, -0.2) is 20.4 Å². The van der Waals surface area contributed by atoms with Gasteiger partial charge in [-0.3, -0.25) is 4.79 Å². The number of thiazole rings is 1. The number of aryl methyl sites for hydroxylation is 1. The number of nitrogens with zero attached hydrogens (tertiary/aromatic N) is 3. The fraction of sp³-hybridized carbons (Fsp3) is 0.136. The van der Waals surface area contributed by atoms with Gasteiger partial charge in [-0.05, 0) is 42.3 Å². The van der Waals surface area contributed by atoms with Crippen molar-refractivity contribution in [3.8, 4) is 10.6 Å². The third-order valence-corrected chi connectivity index (χ3v) is 5.77. The quantitative estimate of drug-likeness (QED) is 0.515. The van der Waals surface area contributed by atoms with E-state index in [0.717, 1.165) is 16.7 Å². The molecule has 0 unspecified atom stereocenters. The number of hydrogen-bond donors (Lipinski definition) is 1. The van der Waals surface area contributed by atoms with Crippen molar-refractivity contribution in [2.45, 2.75) is 20.0 Å². The normalized spacial score (nSPS) is 10.8. The minimum atomic E-state index is -0.297. The van der Waals surface area contributed by atoms with E-state index in [4.69, 9.17) is 0 Å².